The molecule has 4 rings (SSSR count). The number of benzene rings is 2. The smallest absolute Gasteiger partial charge is 0.300 e. The van der Waals surface area contributed by atoms with Crippen LogP contribution in [0, 0.1) is 0 Å². The number of Topliss-reactive ketones (excluding diaryl/α,β-unsaturated/α-hetero) is 1. The molecule has 1 unspecified atom stereocenters. The third-order valence-electron chi connectivity index (χ3n) is 5.96. The van der Waals surface area contributed by atoms with Crippen molar-refractivity contribution in [2.75, 3.05) is 18.1 Å². The summed E-state index contributed by atoms with van der Waals surface area (Å²) in [5, 5.41) is 11.3. The number of carbonyl (C=O) groups excluding carboxylic acids is 2. The number of carbonyl (C=O) groups is 2. The lowest BCUT2D eigenvalue weighted by atomic mass is 9.98. The van der Waals surface area contributed by atoms with E-state index in [9.17, 15) is 14.7 Å². The number of unbranched alkanes of at least 4 members (excludes halogenated alkanes) is 2. The molecule has 0 spiro atoms. The molecular formula is C29H30N2O5. The van der Waals surface area contributed by atoms with Crippen molar-refractivity contribution in [1.82, 2.24) is 4.98 Å². The number of ether oxygens (including phenoxy) is 2. The van der Waals surface area contributed by atoms with Crippen LogP contribution in [0.2, 0.25) is 0 Å². The molecule has 1 saturated heterocycles. The van der Waals surface area contributed by atoms with E-state index in [0.717, 1.165) is 19.3 Å². The summed E-state index contributed by atoms with van der Waals surface area (Å²) >= 11 is 0. The average molecular weight is 487 g/mol. The molecule has 2 aromatic carbocycles. The first kappa shape index (κ1) is 25.0. The van der Waals surface area contributed by atoms with E-state index in [-0.39, 0.29) is 11.3 Å². The summed E-state index contributed by atoms with van der Waals surface area (Å²) in [4.78, 5) is 32.3. The van der Waals surface area contributed by atoms with E-state index in [4.69, 9.17) is 9.47 Å². The van der Waals surface area contributed by atoms with Gasteiger partial charge in [-0.2, -0.15) is 0 Å². The second-order valence-electron chi connectivity index (χ2n) is 8.43. The predicted octanol–water partition coefficient (Wildman–Crippen LogP) is 5.68. The molecule has 186 valence electrons. The molecule has 1 amide bonds. The molecule has 0 aliphatic carbocycles. The highest BCUT2D eigenvalue weighted by molar-refractivity contribution is 6.51. The molecular weight excluding hydrogens is 456 g/mol. The molecule has 1 N–H and O–H groups in total. The third-order valence-corrected chi connectivity index (χ3v) is 5.96. The summed E-state index contributed by atoms with van der Waals surface area (Å²) in [7, 11) is 0. The maximum Gasteiger partial charge on any atom is 0.300 e. The molecule has 1 atom stereocenters. The van der Waals surface area contributed by atoms with Gasteiger partial charge in [-0.25, -0.2) is 0 Å². The largest absolute Gasteiger partial charge is 0.507 e. The number of hydrogen-bond donors (Lipinski definition) is 1. The average Bonchev–Trinajstić information content (AvgIpc) is 3.17. The van der Waals surface area contributed by atoms with Crippen LogP contribution in [0.3, 0.4) is 0 Å². The van der Waals surface area contributed by atoms with Crippen LogP contribution in [-0.2, 0) is 9.59 Å². The summed E-state index contributed by atoms with van der Waals surface area (Å²) in [5.74, 6) is -0.519. The number of pyridine rings is 1. The summed E-state index contributed by atoms with van der Waals surface area (Å²) in [6, 6.07) is 18.2. The van der Waals surface area contributed by atoms with Crippen molar-refractivity contribution in [3.8, 4) is 11.5 Å². The maximum atomic E-state index is 13.3. The standard InChI is InChI=1S/C29H30N2O5/c1-3-5-8-18-36-22-15-13-20(14-16-22)27(32)25-26(24-12-6-7-17-30-24)31(29(34)28(25)33)21-10-9-11-23(19-21)35-4-2/h6-7,9-17,19,26,32H,3-5,8,18H2,1-2H3/b27-25+. The Kier molecular flexibility index (Phi) is 8.00. The van der Waals surface area contributed by atoms with E-state index in [2.05, 4.69) is 11.9 Å². The van der Waals surface area contributed by atoms with Gasteiger partial charge in [0.2, 0.25) is 0 Å². The monoisotopic (exact) mass is 486 g/mol. The van der Waals surface area contributed by atoms with Gasteiger partial charge in [0.15, 0.2) is 0 Å². The van der Waals surface area contributed by atoms with Crippen molar-refractivity contribution >= 4 is 23.1 Å². The van der Waals surface area contributed by atoms with Crippen molar-refractivity contribution in [1.29, 1.82) is 0 Å². The first-order chi connectivity index (χ1) is 17.5. The molecule has 3 aromatic rings. The molecule has 1 fully saturated rings. The van der Waals surface area contributed by atoms with Crippen LogP contribution in [0.1, 0.15) is 50.4 Å². The van der Waals surface area contributed by atoms with Gasteiger partial charge in [-0.1, -0.05) is 31.9 Å². The van der Waals surface area contributed by atoms with Crippen molar-refractivity contribution in [2.24, 2.45) is 0 Å². The SMILES string of the molecule is CCCCCOc1ccc(/C(O)=C2\C(=O)C(=O)N(c3cccc(OCC)c3)C2c2ccccn2)cc1. The van der Waals surface area contributed by atoms with Crippen molar-refractivity contribution in [3.63, 3.8) is 0 Å². The van der Waals surface area contributed by atoms with E-state index in [1.165, 1.54) is 4.90 Å². The Hall–Kier alpha value is -4.13. The Morgan fingerprint density at radius 1 is 0.944 bits per heavy atom. The molecule has 1 aliphatic rings. The Morgan fingerprint density at radius 2 is 1.75 bits per heavy atom. The van der Waals surface area contributed by atoms with E-state index in [1.807, 2.05) is 6.92 Å². The second kappa shape index (κ2) is 11.5. The van der Waals surface area contributed by atoms with Gasteiger partial charge in [-0.3, -0.25) is 19.5 Å². The number of aliphatic hydroxyl groups excluding tert-OH is 1. The highest BCUT2D eigenvalue weighted by atomic mass is 16.5. The summed E-state index contributed by atoms with van der Waals surface area (Å²) in [6.45, 7) is 5.08. The summed E-state index contributed by atoms with van der Waals surface area (Å²) < 4.78 is 11.3. The molecule has 0 saturated carbocycles. The zero-order valence-electron chi connectivity index (χ0n) is 20.5. The first-order valence-corrected chi connectivity index (χ1v) is 12.2. The van der Waals surface area contributed by atoms with Gasteiger partial charge in [0, 0.05) is 23.5 Å². The normalized spacial score (nSPS) is 16.8. The number of ketones is 1. The minimum absolute atomic E-state index is 0.0165. The Bertz CT molecular complexity index is 1240. The van der Waals surface area contributed by atoms with Gasteiger partial charge in [-0.05, 0) is 61.9 Å². The number of anilines is 1. The van der Waals surface area contributed by atoms with Crippen molar-refractivity contribution in [2.45, 2.75) is 39.2 Å². The molecule has 1 aromatic heterocycles. The summed E-state index contributed by atoms with van der Waals surface area (Å²) in [5.41, 5.74) is 1.35. The fourth-order valence-electron chi connectivity index (χ4n) is 4.21. The quantitative estimate of drug-likeness (QED) is 0.172. The van der Waals surface area contributed by atoms with E-state index in [0.29, 0.717) is 41.7 Å². The van der Waals surface area contributed by atoms with E-state index >= 15 is 0 Å². The third kappa shape index (κ3) is 5.25. The number of aliphatic hydroxyl groups is 1. The van der Waals surface area contributed by atoms with Crippen LogP contribution in [0.15, 0.2) is 78.5 Å². The highest BCUT2D eigenvalue weighted by Gasteiger charge is 2.47. The number of hydrogen-bond acceptors (Lipinski definition) is 6. The number of amides is 1. The Morgan fingerprint density at radius 3 is 2.44 bits per heavy atom. The second-order valence-corrected chi connectivity index (χ2v) is 8.43. The molecule has 7 nitrogen and oxygen atoms in total. The lowest BCUT2D eigenvalue weighted by Gasteiger charge is -2.25. The van der Waals surface area contributed by atoms with Crippen LogP contribution in [0.4, 0.5) is 5.69 Å². The number of rotatable bonds is 10. The van der Waals surface area contributed by atoms with Gasteiger partial charge in [0.1, 0.15) is 23.3 Å². The molecule has 7 heteroatoms. The minimum atomic E-state index is -0.895. The van der Waals surface area contributed by atoms with Gasteiger partial charge in [0.25, 0.3) is 11.7 Å². The zero-order valence-corrected chi connectivity index (χ0v) is 20.5. The zero-order chi connectivity index (χ0) is 25.5. The lowest BCUT2D eigenvalue weighted by molar-refractivity contribution is -0.132. The van der Waals surface area contributed by atoms with E-state index in [1.54, 1.807) is 72.9 Å². The van der Waals surface area contributed by atoms with Gasteiger partial charge < -0.3 is 14.6 Å². The molecule has 36 heavy (non-hydrogen) atoms. The maximum absolute atomic E-state index is 13.3. The highest BCUT2D eigenvalue weighted by Crippen LogP contribution is 2.42. The van der Waals surface area contributed by atoms with Crippen LogP contribution in [0.5, 0.6) is 11.5 Å². The first-order valence-electron chi connectivity index (χ1n) is 12.2. The molecule has 0 bridgehead atoms. The summed E-state index contributed by atoms with van der Waals surface area (Å²) in [6.07, 6.45) is 4.77. The fourth-order valence-corrected chi connectivity index (χ4v) is 4.21. The topological polar surface area (TPSA) is 89.0 Å². The van der Waals surface area contributed by atoms with Crippen LogP contribution in [0.25, 0.3) is 5.76 Å². The predicted molar refractivity (Wildman–Crippen MR) is 138 cm³/mol. The Balaban J connectivity index is 1.74. The van der Waals surface area contributed by atoms with Crippen molar-refractivity contribution in [3.05, 3.63) is 89.8 Å². The molecule has 2 heterocycles. The van der Waals surface area contributed by atoms with Crippen LogP contribution >= 0.6 is 0 Å². The fraction of sp³-hybridized carbons (Fsp3) is 0.276. The van der Waals surface area contributed by atoms with Gasteiger partial charge in [0.05, 0.1) is 24.5 Å². The molecule has 0 radical (unpaired) electrons. The lowest BCUT2D eigenvalue weighted by Crippen LogP contribution is -2.29. The van der Waals surface area contributed by atoms with Crippen LogP contribution in [-0.4, -0.2) is 35.0 Å². The number of nitrogens with zero attached hydrogens (tertiary/aromatic N) is 2. The number of aromatic nitrogens is 1. The van der Waals surface area contributed by atoms with Gasteiger partial charge >= 0.3 is 0 Å². The van der Waals surface area contributed by atoms with Crippen LogP contribution < -0.4 is 14.4 Å². The Labute approximate surface area is 211 Å². The minimum Gasteiger partial charge on any atom is -0.507 e. The van der Waals surface area contributed by atoms with Crippen molar-refractivity contribution < 1.29 is 24.2 Å². The van der Waals surface area contributed by atoms with E-state index < -0.39 is 17.7 Å². The van der Waals surface area contributed by atoms with Gasteiger partial charge in [-0.15, -0.1) is 0 Å². The molecule has 1 aliphatic heterocycles.